The first kappa shape index (κ1) is 10.1. The number of halogens is 1. The van der Waals surface area contributed by atoms with Crippen LogP contribution in [0.3, 0.4) is 0 Å². The highest BCUT2D eigenvalue weighted by Gasteiger charge is 2.06. The molecule has 78 valence electrons. The van der Waals surface area contributed by atoms with Crippen molar-refractivity contribution in [3.05, 3.63) is 35.7 Å². The predicted molar refractivity (Wildman–Crippen MR) is 58.2 cm³/mol. The van der Waals surface area contributed by atoms with E-state index in [1.807, 2.05) is 18.4 Å². The lowest BCUT2D eigenvalue weighted by molar-refractivity contribution is 0.887. The average molecular weight is 223 g/mol. The summed E-state index contributed by atoms with van der Waals surface area (Å²) >= 11 is 5.66. The van der Waals surface area contributed by atoms with Crippen LogP contribution in [0.5, 0.6) is 0 Å². The number of alkyl halides is 1. The summed E-state index contributed by atoms with van der Waals surface area (Å²) < 4.78 is 1.85. The second kappa shape index (κ2) is 3.98. The van der Waals surface area contributed by atoms with E-state index >= 15 is 0 Å². The topological polar surface area (TPSA) is 43.6 Å². The second-order valence-electron chi connectivity index (χ2n) is 3.31. The maximum atomic E-state index is 5.66. The minimum Gasteiger partial charge on any atom is -0.271 e. The lowest BCUT2D eigenvalue weighted by Crippen LogP contribution is -2.02. The van der Waals surface area contributed by atoms with Gasteiger partial charge in [-0.15, -0.1) is 11.6 Å². The summed E-state index contributed by atoms with van der Waals surface area (Å²) in [5, 5.41) is 0. The van der Waals surface area contributed by atoms with Crippen molar-refractivity contribution in [3.8, 4) is 5.95 Å². The molecule has 0 aliphatic carbocycles. The molecule has 0 aromatic carbocycles. The number of rotatable bonds is 2. The number of imidazole rings is 1. The molecule has 0 amide bonds. The molecule has 0 spiro atoms. The normalized spacial score (nSPS) is 10.6. The van der Waals surface area contributed by atoms with E-state index in [4.69, 9.17) is 11.6 Å². The third-order valence-corrected chi connectivity index (χ3v) is 2.62. The number of hydrogen-bond acceptors (Lipinski definition) is 3. The second-order valence-corrected chi connectivity index (χ2v) is 3.58. The quantitative estimate of drug-likeness (QED) is 0.731. The van der Waals surface area contributed by atoms with Crippen LogP contribution in [0, 0.1) is 13.8 Å². The Morgan fingerprint density at radius 3 is 2.33 bits per heavy atom. The van der Waals surface area contributed by atoms with Crippen molar-refractivity contribution < 1.29 is 0 Å². The maximum absolute atomic E-state index is 5.66. The van der Waals surface area contributed by atoms with Crippen molar-refractivity contribution in [2.45, 2.75) is 19.7 Å². The van der Waals surface area contributed by atoms with Crippen molar-refractivity contribution in [3.63, 3.8) is 0 Å². The van der Waals surface area contributed by atoms with Gasteiger partial charge in [0.05, 0.1) is 11.6 Å². The van der Waals surface area contributed by atoms with Crippen molar-refractivity contribution >= 4 is 11.6 Å². The van der Waals surface area contributed by atoms with Crippen LogP contribution >= 0.6 is 11.6 Å². The molecule has 2 rings (SSSR count). The molecule has 0 atom stereocenters. The molecular weight excluding hydrogens is 212 g/mol. The van der Waals surface area contributed by atoms with Crippen LogP contribution in [0.15, 0.2) is 18.7 Å². The fourth-order valence-electron chi connectivity index (χ4n) is 1.24. The molecule has 4 nitrogen and oxygen atoms in total. The van der Waals surface area contributed by atoms with Crippen LogP contribution < -0.4 is 0 Å². The molecule has 0 unspecified atom stereocenters. The molecule has 2 heterocycles. The number of aryl methyl sites for hydroxylation is 1. The highest BCUT2D eigenvalue weighted by atomic mass is 35.5. The van der Waals surface area contributed by atoms with E-state index < -0.39 is 0 Å². The Hall–Kier alpha value is -1.42. The van der Waals surface area contributed by atoms with E-state index in [1.54, 1.807) is 18.7 Å². The highest BCUT2D eigenvalue weighted by molar-refractivity contribution is 6.17. The van der Waals surface area contributed by atoms with Crippen LogP contribution in [0.2, 0.25) is 0 Å². The SMILES string of the molecule is Cc1ncn(-c2ncc(CCl)cn2)c1C. The molecule has 0 saturated carbocycles. The van der Waals surface area contributed by atoms with E-state index in [9.17, 15) is 0 Å². The van der Waals surface area contributed by atoms with Gasteiger partial charge in [0.15, 0.2) is 0 Å². The van der Waals surface area contributed by atoms with Crippen molar-refractivity contribution in [1.29, 1.82) is 0 Å². The van der Waals surface area contributed by atoms with Gasteiger partial charge in [0.1, 0.15) is 6.33 Å². The van der Waals surface area contributed by atoms with Gasteiger partial charge < -0.3 is 0 Å². The number of aromatic nitrogens is 4. The molecule has 0 saturated heterocycles. The molecule has 0 N–H and O–H groups in total. The zero-order valence-electron chi connectivity index (χ0n) is 8.61. The molecule has 0 fully saturated rings. The summed E-state index contributed by atoms with van der Waals surface area (Å²) in [6.07, 6.45) is 5.18. The lowest BCUT2D eigenvalue weighted by atomic mass is 10.4. The van der Waals surface area contributed by atoms with Gasteiger partial charge in [-0.2, -0.15) is 0 Å². The summed E-state index contributed by atoms with van der Waals surface area (Å²) in [5.74, 6) is 1.06. The Balaban J connectivity index is 2.41. The lowest BCUT2D eigenvalue weighted by Gasteiger charge is -2.03. The van der Waals surface area contributed by atoms with Gasteiger partial charge in [-0.25, -0.2) is 15.0 Å². The molecule has 2 aromatic rings. The van der Waals surface area contributed by atoms with Gasteiger partial charge in [0.25, 0.3) is 0 Å². The average Bonchev–Trinajstić information content (AvgIpc) is 2.60. The van der Waals surface area contributed by atoms with E-state index in [2.05, 4.69) is 15.0 Å². The first-order chi connectivity index (χ1) is 7.22. The van der Waals surface area contributed by atoms with E-state index in [0.717, 1.165) is 17.0 Å². The number of nitrogens with zero attached hydrogens (tertiary/aromatic N) is 4. The van der Waals surface area contributed by atoms with Crippen LogP contribution in [-0.4, -0.2) is 19.5 Å². The predicted octanol–water partition coefficient (Wildman–Crippen LogP) is 2.02. The fourth-order valence-corrected chi connectivity index (χ4v) is 1.38. The van der Waals surface area contributed by atoms with Crippen LogP contribution in [0.1, 0.15) is 17.0 Å². The summed E-state index contributed by atoms with van der Waals surface area (Å²) in [6, 6.07) is 0. The Labute approximate surface area is 93.0 Å². The molecule has 2 aromatic heterocycles. The van der Waals surface area contributed by atoms with Gasteiger partial charge in [0.2, 0.25) is 5.95 Å². The standard InChI is InChI=1S/C10H11ClN4/c1-7-8(2)15(6-14-7)10-12-4-9(3-11)5-13-10/h4-6H,3H2,1-2H3. The van der Waals surface area contributed by atoms with Crippen LogP contribution in [-0.2, 0) is 5.88 Å². The third-order valence-electron chi connectivity index (χ3n) is 2.31. The molecule has 0 radical (unpaired) electrons. The Kier molecular flexibility index (Phi) is 2.68. The highest BCUT2D eigenvalue weighted by Crippen LogP contribution is 2.09. The monoisotopic (exact) mass is 222 g/mol. The summed E-state index contributed by atoms with van der Waals surface area (Å²) in [4.78, 5) is 12.6. The molecular formula is C10H11ClN4. The van der Waals surface area contributed by atoms with Crippen LogP contribution in [0.25, 0.3) is 5.95 Å². The summed E-state index contributed by atoms with van der Waals surface area (Å²) in [5.41, 5.74) is 2.95. The van der Waals surface area contributed by atoms with Crippen molar-refractivity contribution in [2.24, 2.45) is 0 Å². The Bertz CT molecular complexity index is 461. The minimum absolute atomic E-state index is 0.433. The van der Waals surface area contributed by atoms with Crippen LogP contribution in [0.4, 0.5) is 0 Å². The van der Waals surface area contributed by atoms with Gasteiger partial charge in [0, 0.05) is 23.7 Å². The molecule has 0 aliphatic heterocycles. The van der Waals surface area contributed by atoms with Crippen molar-refractivity contribution in [1.82, 2.24) is 19.5 Å². The molecule has 15 heavy (non-hydrogen) atoms. The summed E-state index contributed by atoms with van der Waals surface area (Å²) in [7, 11) is 0. The van der Waals surface area contributed by atoms with E-state index in [0.29, 0.717) is 11.8 Å². The Morgan fingerprint density at radius 2 is 1.87 bits per heavy atom. The van der Waals surface area contributed by atoms with Crippen molar-refractivity contribution in [2.75, 3.05) is 0 Å². The first-order valence-electron chi connectivity index (χ1n) is 4.60. The summed E-state index contributed by atoms with van der Waals surface area (Å²) in [6.45, 7) is 3.94. The zero-order valence-corrected chi connectivity index (χ0v) is 9.36. The van der Waals surface area contributed by atoms with E-state index in [1.165, 1.54) is 0 Å². The third kappa shape index (κ3) is 1.85. The first-order valence-corrected chi connectivity index (χ1v) is 5.13. The van der Waals surface area contributed by atoms with Gasteiger partial charge in [-0.05, 0) is 13.8 Å². The maximum Gasteiger partial charge on any atom is 0.235 e. The van der Waals surface area contributed by atoms with Gasteiger partial charge >= 0.3 is 0 Å². The molecule has 0 bridgehead atoms. The minimum atomic E-state index is 0.433. The molecule has 5 heteroatoms. The smallest absolute Gasteiger partial charge is 0.235 e. The van der Waals surface area contributed by atoms with Gasteiger partial charge in [-0.3, -0.25) is 4.57 Å². The fraction of sp³-hybridized carbons (Fsp3) is 0.300. The van der Waals surface area contributed by atoms with Gasteiger partial charge in [-0.1, -0.05) is 0 Å². The number of hydrogen-bond donors (Lipinski definition) is 0. The Morgan fingerprint density at radius 1 is 1.20 bits per heavy atom. The zero-order chi connectivity index (χ0) is 10.8. The largest absolute Gasteiger partial charge is 0.271 e. The molecule has 0 aliphatic rings. The van der Waals surface area contributed by atoms with E-state index in [-0.39, 0.29) is 0 Å².